The van der Waals surface area contributed by atoms with Crippen LogP contribution in [0.25, 0.3) is 12.2 Å². The second kappa shape index (κ2) is 17.6. The number of allylic oxidation sites excluding steroid dienone is 4. The fraction of sp³-hybridized carbons (Fsp3) is 0.371. The molecule has 0 unspecified atom stereocenters. The van der Waals surface area contributed by atoms with Crippen LogP contribution in [0.3, 0.4) is 0 Å². The van der Waals surface area contributed by atoms with Crippen LogP contribution < -0.4 is 28.4 Å². The maximum atomic E-state index is 13.1. The van der Waals surface area contributed by atoms with Crippen LogP contribution >= 0.6 is 0 Å². The van der Waals surface area contributed by atoms with Crippen LogP contribution in [0.1, 0.15) is 11.1 Å². The number of methoxy groups -OCH3 is 6. The predicted octanol–water partition coefficient (Wildman–Crippen LogP) is 4.18. The standard InChI is InChI=1S/C35H45N3O8/c1-36(2)27-23-37(32(39)15-11-9-13-25-19-28(41-3)34(45-7)29(20-25)42-4)17-18-38(24-27)33(40)16-12-10-14-26-21-30(43-5)35(46-8)31(22-26)44-6/h9-16,19-22,27H,17-18,23-24H2,1-8H3. The molecule has 2 amide bonds. The van der Waals surface area contributed by atoms with Crippen LogP contribution in [0.5, 0.6) is 34.5 Å². The first-order valence-electron chi connectivity index (χ1n) is 14.7. The van der Waals surface area contributed by atoms with Crippen molar-refractivity contribution in [3.63, 3.8) is 0 Å². The molecule has 0 bridgehead atoms. The van der Waals surface area contributed by atoms with Crippen LogP contribution in [-0.2, 0) is 9.59 Å². The van der Waals surface area contributed by atoms with Gasteiger partial charge in [0.15, 0.2) is 23.0 Å². The molecule has 1 heterocycles. The second-order valence-electron chi connectivity index (χ2n) is 10.5. The van der Waals surface area contributed by atoms with Crippen molar-refractivity contribution in [2.75, 3.05) is 82.9 Å². The molecule has 0 spiro atoms. The highest BCUT2D eigenvalue weighted by molar-refractivity contribution is 5.89. The molecule has 0 atom stereocenters. The van der Waals surface area contributed by atoms with Gasteiger partial charge >= 0.3 is 0 Å². The first kappa shape index (κ1) is 35.6. The van der Waals surface area contributed by atoms with Crippen molar-refractivity contribution in [1.29, 1.82) is 0 Å². The van der Waals surface area contributed by atoms with E-state index in [2.05, 4.69) is 0 Å². The van der Waals surface area contributed by atoms with Gasteiger partial charge in [0.2, 0.25) is 23.3 Å². The van der Waals surface area contributed by atoms with Crippen LogP contribution in [0, 0.1) is 0 Å². The number of nitrogens with zero attached hydrogens (tertiary/aromatic N) is 3. The molecule has 0 radical (unpaired) electrons. The van der Waals surface area contributed by atoms with E-state index in [1.165, 1.54) is 12.2 Å². The van der Waals surface area contributed by atoms with E-state index in [1.807, 2.05) is 55.4 Å². The summed E-state index contributed by atoms with van der Waals surface area (Å²) >= 11 is 0. The molecule has 1 aliphatic rings. The van der Waals surface area contributed by atoms with Gasteiger partial charge in [0, 0.05) is 44.4 Å². The third kappa shape index (κ3) is 9.31. The quantitative estimate of drug-likeness (QED) is 0.237. The Hall–Kier alpha value is -4.90. The van der Waals surface area contributed by atoms with E-state index >= 15 is 0 Å². The van der Waals surface area contributed by atoms with E-state index in [1.54, 1.807) is 76.8 Å². The minimum Gasteiger partial charge on any atom is -0.493 e. The summed E-state index contributed by atoms with van der Waals surface area (Å²) in [4.78, 5) is 31.9. The molecule has 11 nitrogen and oxygen atoms in total. The van der Waals surface area contributed by atoms with Gasteiger partial charge in [-0.3, -0.25) is 9.59 Å². The summed E-state index contributed by atoms with van der Waals surface area (Å²) in [5, 5.41) is 0. The lowest BCUT2D eigenvalue weighted by molar-refractivity contribution is -0.128. The number of carbonyl (C=O) groups is 2. The average molecular weight is 636 g/mol. The minimum atomic E-state index is -0.125. The predicted molar refractivity (Wildman–Crippen MR) is 179 cm³/mol. The summed E-state index contributed by atoms with van der Waals surface area (Å²) in [6.45, 7) is 1.85. The van der Waals surface area contributed by atoms with Gasteiger partial charge in [-0.15, -0.1) is 0 Å². The Morgan fingerprint density at radius 2 is 0.957 bits per heavy atom. The summed E-state index contributed by atoms with van der Waals surface area (Å²) in [5.41, 5.74) is 1.66. The van der Waals surface area contributed by atoms with Crippen molar-refractivity contribution in [1.82, 2.24) is 14.7 Å². The first-order valence-corrected chi connectivity index (χ1v) is 14.7. The Balaban J connectivity index is 1.65. The number of rotatable bonds is 13. The van der Waals surface area contributed by atoms with E-state index < -0.39 is 0 Å². The highest BCUT2D eigenvalue weighted by Gasteiger charge is 2.27. The number of carbonyl (C=O) groups excluding carboxylic acids is 2. The fourth-order valence-corrected chi connectivity index (χ4v) is 4.93. The molecule has 0 saturated carbocycles. The SMILES string of the molecule is COc1cc(C=CC=CC(=O)N2CCN(C(=O)C=CC=Cc3cc(OC)c(OC)c(OC)c3)CC(N(C)C)C2)cc(OC)c1OC. The molecule has 3 rings (SSSR count). The van der Waals surface area contributed by atoms with E-state index in [9.17, 15) is 9.59 Å². The largest absolute Gasteiger partial charge is 0.493 e. The molecule has 0 N–H and O–H groups in total. The van der Waals surface area contributed by atoms with E-state index in [0.29, 0.717) is 60.7 Å². The molecule has 0 aromatic heterocycles. The molecule has 2 aromatic carbocycles. The van der Waals surface area contributed by atoms with Gasteiger partial charge in [0.05, 0.1) is 42.7 Å². The smallest absolute Gasteiger partial charge is 0.246 e. The number of benzene rings is 2. The molecule has 1 aliphatic heterocycles. The molecular formula is C35H45N3O8. The van der Waals surface area contributed by atoms with Gasteiger partial charge in [0.1, 0.15) is 0 Å². The lowest BCUT2D eigenvalue weighted by Crippen LogP contribution is -2.45. The van der Waals surface area contributed by atoms with Crippen LogP contribution in [0.4, 0.5) is 0 Å². The highest BCUT2D eigenvalue weighted by atomic mass is 16.5. The van der Waals surface area contributed by atoms with Crippen molar-refractivity contribution >= 4 is 24.0 Å². The number of amides is 2. The molecule has 11 heteroatoms. The molecule has 46 heavy (non-hydrogen) atoms. The Labute approximate surface area is 271 Å². The van der Waals surface area contributed by atoms with Crippen molar-refractivity contribution in [3.8, 4) is 34.5 Å². The van der Waals surface area contributed by atoms with E-state index in [4.69, 9.17) is 28.4 Å². The first-order chi connectivity index (χ1) is 22.2. The second-order valence-corrected chi connectivity index (χ2v) is 10.5. The summed E-state index contributed by atoms with van der Waals surface area (Å²) in [5.74, 6) is 2.96. The fourth-order valence-electron chi connectivity index (χ4n) is 4.93. The van der Waals surface area contributed by atoms with Crippen molar-refractivity contribution in [3.05, 3.63) is 71.8 Å². The summed E-state index contributed by atoms with van der Waals surface area (Å²) in [7, 11) is 13.3. The van der Waals surface area contributed by atoms with Crippen LogP contribution in [0.2, 0.25) is 0 Å². The van der Waals surface area contributed by atoms with Gasteiger partial charge in [-0.1, -0.05) is 36.5 Å². The Morgan fingerprint density at radius 3 is 1.24 bits per heavy atom. The van der Waals surface area contributed by atoms with Crippen molar-refractivity contribution in [2.45, 2.75) is 6.04 Å². The highest BCUT2D eigenvalue weighted by Crippen LogP contribution is 2.39. The molecular weight excluding hydrogens is 590 g/mol. The Kier molecular flexibility index (Phi) is 13.6. The van der Waals surface area contributed by atoms with Crippen LogP contribution in [-0.4, -0.2) is 115 Å². The lowest BCUT2D eigenvalue weighted by atomic mass is 10.1. The third-order valence-corrected chi connectivity index (χ3v) is 7.51. The summed E-state index contributed by atoms with van der Waals surface area (Å²) < 4.78 is 32.4. The lowest BCUT2D eigenvalue weighted by Gasteiger charge is -2.28. The zero-order valence-electron chi connectivity index (χ0n) is 27.9. The normalized spacial score (nSPS) is 15.6. The third-order valence-electron chi connectivity index (χ3n) is 7.51. The maximum absolute atomic E-state index is 13.1. The van der Waals surface area contributed by atoms with Crippen LogP contribution in [0.15, 0.2) is 60.7 Å². The van der Waals surface area contributed by atoms with Gasteiger partial charge < -0.3 is 43.1 Å². The zero-order valence-corrected chi connectivity index (χ0v) is 27.9. The van der Waals surface area contributed by atoms with Gasteiger partial charge in [0.25, 0.3) is 0 Å². The topological polar surface area (TPSA) is 99.2 Å². The van der Waals surface area contributed by atoms with E-state index in [-0.39, 0.29) is 17.9 Å². The van der Waals surface area contributed by atoms with Crippen molar-refractivity contribution in [2.24, 2.45) is 0 Å². The average Bonchev–Trinajstić information content (AvgIpc) is 3.31. The summed E-state index contributed by atoms with van der Waals surface area (Å²) in [6, 6.07) is 7.28. The van der Waals surface area contributed by atoms with E-state index in [0.717, 1.165) is 11.1 Å². The summed E-state index contributed by atoms with van der Waals surface area (Å²) in [6.07, 6.45) is 13.7. The molecule has 0 aliphatic carbocycles. The maximum Gasteiger partial charge on any atom is 0.246 e. The number of hydrogen-bond donors (Lipinski definition) is 0. The molecule has 2 aromatic rings. The van der Waals surface area contributed by atoms with Gasteiger partial charge in [-0.2, -0.15) is 0 Å². The Morgan fingerprint density at radius 1 is 0.609 bits per heavy atom. The number of hydrogen-bond acceptors (Lipinski definition) is 9. The van der Waals surface area contributed by atoms with Gasteiger partial charge in [-0.05, 0) is 49.5 Å². The monoisotopic (exact) mass is 635 g/mol. The minimum absolute atomic E-state index is 0.0262. The molecule has 1 saturated heterocycles. The van der Waals surface area contributed by atoms with Gasteiger partial charge in [-0.25, -0.2) is 0 Å². The van der Waals surface area contributed by atoms with Crippen molar-refractivity contribution < 1.29 is 38.0 Å². The zero-order chi connectivity index (χ0) is 33.6. The number of ether oxygens (including phenoxy) is 6. The molecule has 1 fully saturated rings. The Bertz CT molecular complexity index is 1310. The molecule has 248 valence electrons. The number of likely N-dealkylation sites (N-methyl/N-ethyl adjacent to an activating group) is 1.